The number of nitrogens with zero attached hydrogens (tertiary/aromatic N) is 1. The summed E-state index contributed by atoms with van der Waals surface area (Å²) in [5.41, 5.74) is -1.05. The molecule has 1 aromatic heterocycles. The number of halogens is 3. The van der Waals surface area contributed by atoms with Crippen LogP contribution >= 0.6 is 0 Å². The van der Waals surface area contributed by atoms with Crippen molar-refractivity contribution in [1.82, 2.24) is 15.5 Å². The first-order valence-electron chi connectivity index (χ1n) is 4.09. The van der Waals surface area contributed by atoms with Crippen LogP contribution in [0.2, 0.25) is 0 Å². The van der Waals surface area contributed by atoms with Crippen molar-refractivity contribution in [2.24, 2.45) is 0 Å². The average molecular weight is 207 g/mol. The van der Waals surface area contributed by atoms with Gasteiger partial charge in [0.05, 0.1) is 11.2 Å². The zero-order valence-corrected chi connectivity index (χ0v) is 8.16. The molecule has 80 valence electrons. The lowest BCUT2D eigenvalue weighted by Gasteiger charge is -2.20. The Hall–Kier alpha value is -1.04. The van der Waals surface area contributed by atoms with E-state index in [4.69, 9.17) is 0 Å². The van der Waals surface area contributed by atoms with E-state index in [1.54, 1.807) is 20.9 Å². The normalized spacial score (nSPS) is 13.3. The summed E-state index contributed by atoms with van der Waals surface area (Å²) < 4.78 is 36.6. The van der Waals surface area contributed by atoms with E-state index in [-0.39, 0.29) is 0 Å². The minimum Gasteiger partial charge on any atom is -0.310 e. The minimum atomic E-state index is -4.37. The monoisotopic (exact) mass is 207 g/mol. The van der Waals surface area contributed by atoms with Crippen molar-refractivity contribution in [3.63, 3.8) is 0 Å². The number of H-pyrrole nitrogens is 1. The number of alkyl halides is 3. The van der Waals surface area contributed by atoms with Crippen LogP contribution in [0.25, 0.3) is 0 Å². The Labute approximate surface area is 79.7 Å². The molecule has 0 fully saturated rings. The third kappa shape index (κ3) is 2.06. The van der Waals surface area contributed by atoms with Crippen molar-refractivity contribution in [1.29, 1.82) is 0 Å². The molecule has 0 bridgehead atoms. The molecule has 0 aromatic carbocycles. The van der Waals surface area contributed by atoms with Crippen molar-refractivity contribution in [3.05, 3.63) is 17.5 Å². The fourth-order valence-corrected chi connectivity index (χ4v) is 0.915. The van der Waals surface area contributed by atoms with Gasteiger partial charge < -0.3 is 5.32 Å². The molecular weight excluding hydrogens is 195 g/mol. The van der Waals surface area contributed by atoms with Crippen molar-refractivity contribution < 1.29 is 13.2 Å². The van der Waals surface area contributed by atoms with Gasteiger partial charge in [0, 0.05) is 0 Å². The number of nitrogens with one attached hydrogen (secondary N) is 2. The third-order valence-electron chi connectivity index (χ3n) is 2.15. The molecule has 2 N–H and O–H groups in total. The standard InChI is InChI=1S/C8H12F3N3/c1-7(2,12-3)5-4-6(14-13-5)8(9,10)11/h4,12H,1-3H3,(H,13,14). The average Bonchev–Trinajstić information content (AvgIpc) is 2.51. The SMILES string of the molecule is CNC(C)(C)c1cc(C(F)(F)F)[nH]n1. The summed E-state index contributed by atoms with van der Waals surface area (Å²) in [6.07, 6.45) is -4.37. The number of aromatic nitrogens is 2. The maximum Gasteiger partial charge on any atom is 0.432 e. The van der Waals surface area contributed by atoms with E-state index < -0.39 is 17.4 Å². The van der Waals surface area contributed by atoms with E-state index in [0.29, 0.717) is 5.69 Å². The highest BCUT2D eigenvalue weighted by Gasteiger charge is 2.34. The molecule has 0 radical (unpaired) electrons. The van der Waals surface area contributed by atoms with E-state index in [1.807, 2.05) is 5.10 Å². The molecule has 1 aromatic rings. The summed E-state index contributed by atoms with van der Waals surface area (Å²) >= 11 is 0. The summed E-state index contributed by atoms with van der Waals surface area (Å²) in [6.45, 7) is 3.51. The molecule has 1 rings (SSSR count). The molecule has 0 saturated heterocycles. The predicted molar refractivity (Wildman–Crippen MR) is 45.7 cm³/mol. The van der Waals surface area contributed by atoms with Gasteiger partial charge in [-0.2, -0.15) is 18.3 Å². The van der Waals surface area contributed by atoms with Gasteiger partial charge in [0.15, 0.2) is 0 Å². The van der Waals surface area contributed by atoms with Gasteiger partial charge in [0.2, 0.25) is 0 Å². The van der Waals surface area contributed by atoms with Crippen LogP contribution in [-0.4, -0.2) is 17.2 Å². The van der Waals surface area contributed by atoms with E-state index in [9.17, 15) is 13.2 Å². The fourth-order valence-electron chi connectivity index (χ4n) is 0.915. The molecule has 0 aliphatic rings. The molecule has 0 aliphatic carbocycles. The summed E-state index contributed by atoms with van der Waals surface area (Å²) in [5, 5.41) is 8.46. The van der Waals surface area contributed by atoms with Gasteiger partial charge in [0.1, 0.15) is 5.69 Å². The first-order chi connectivity index (χ1) is 6.27. The van der Waals surface area contributed by atoms with E-state index >= 15 is 0 Å². The molecule has 0 saturated carbocycles. The van der Waals surface area contributed by atoms with Crippen molar-refractivity contribution in [2.75, 3.05) is 7.05 Å². The Morgan fingerprint density at radius 2 is 1.93 bits per heavy atom. The highest BCUT2D eigenvalue weighted by atomic mass is 19.4. The lowest BCUT2D eigenvalue weighted by Crippen LogP contribution is -2.33. The van der Waals surface area contributed by atoms with Crippen LogP contribution in [0.15, 0.2) is 6.07 Å². The zero-order chi connectivity index (χ0) is 11.0. The van der Waals surface area contributed by atoms with Crippen LogP contribution in [0, 0.1) is 0 Å². The molecule has 0 spiro atoms. The molecule has 3 nitrogen and oxygen atoms in total. The van der Waals surface area contributed by atoms with Gasteiger partial charge in [-0.1, -0.05) is 0 Å². The van der Waals surface area contributed by atoms with Crippen LogP contribution in [0.3, 0.4) is 0 Å². The molecule has 14 heavy (non-hydrogen) atoms. The fraction of sp³-hybridized carbons (Fsp3) is 0.625. The Morgan fingerprint density at radius 1 is 1.36 bits per heavy atom. The number of rotatable bonds is 2. The van der Waals surface area contributed by atoms with Crippen molar-refractivity contribution in [2.45, 2.75) is 25.6 Å². The second-order valence-electron chi connectivity index (χ2n) is 3.54. The lowest BCUT2D eigenvalue weighted by atomic mass is 10.0. The maximum atomic E-state index is 12.2. The van der Waals surface area contributed by atoms with E-state index in [2.05, 4.69) is 10.4 Å². The number of aromatic amines is 1. The first-order valence-corrected chi connectivity index (χ1v) is 4.09. The Morgan fingerprint density at radius 3 is 2.29 bits per heavy atom. The molecule has 1 heterocycles. The summed E-state index contributed by atoms with van der Waals surface area (Å²) in [6, 6.07) is 1.01. The minimum absolute atomic E-state index is 0.340. The van der Waals surface area contributed by atoms with Crippen molar-refractivity contribution in [3.8, 4) is 0 Å². The van der Waals surface area contributed by atoms with Gasteiger partial charge >= 0.3 is 6.18 Å². The third-order valence-corrected chi connectivity index (χ3v) is 2.15. The largest absolute Gasteiger partial charge is 0.432 e. The second-order valence-corrected chi connectivity index (χ2v) is 3.54. The summed E-state index contributed by atoms with van der Waals surface area (Å²) in [5.74, 6) is 0. The van der Waals surface area contributed by atoms with Crippen LogP contribution in [-0.2, 0) is 11.7 Å². The molecule has 0 amide bonds. The van der Waals surface area contributed by atoms with Crippen LogP contribution in [0.4, 0.5) is 13.2 Å². The first kappa shape index (κ1) is 11.0. The summed E-state index contributed by atoms with van der Waals surface area (Å²) in [7, 11) is 1.67. The van der Waals surface area contributed by atoms with E-state index in [1.165, 1.54) is 0 Å². The van der Waals surface area contributed by atoms with Crippen molar-refractivity contribution >= 4 is 0 Å². The smallest absolute Gasteiger partial charge is 0.310 e. The second kappa shape index (κ2) is 3.27. The topological polar surface area (TPSA) is 40.7 Å². The van der Waals surface area contributed by atoms with Gasteiger partial charge in [-0.25, -0.2) is 0 Å². The molecule has 0 aliphatic heterocycles. The van der Waals surface area contributed by atoms with Gasteiger partial charge in [-0.05, 0) is 27.0 Å². The quantitative estimate of drug-likeness (QED) is 0.777. The number of hydrogen-bond acceptors (Lipinski definition) is 2. The van der Waals surface area contributed by atoms with Crippen LogP contribution in [0.5, 0.6) is 0 Å². The van der Waals surface area contributed by atoms with Crippen LogP contribution < -0.4 is 5.32 Å². The maximum absolute atomic E-state index is 12.2. The van der Waals surface area contributed by atoms with Crippen LogP contribution in [0.1, 0.15) is 25.2 Å². The van der Waals surface area contributed by atoms with E-state index in [0.717, 1.165) is 6.07 Å². The summed E-state index contributed by atoms with van der Waals surface area (Å²) in [4.78, 5) is 0. The molecular formula is C8H12F3N3. The van der Waals surface area contributed by atoms with Gasteiger partial charge in [-0.15, -0.1) is 0 Å². The Kier molecular flexibility index (Phi) is 2.58. The molecule has 6 heteroatoms. The van der Waals surface area contributed by atoms with Gasteiger partial charge in [0.25, 0.3) is 0 Å². The molecule has 0 unspecified atom stereocenters. The van der Waals surface area contributed by atoms with Gasteiger partial charge in [-0.3, -0.25) is 5.10 Å². The predicted octanol–water partition coefficient (Wildman–Crippen LogP) is 1.88. The Bertz CT molecular complexity index is 314. The zero-order valence-electron chi connectivity index (χ0n) is 8.16. The highest BCUT2D eigenvalue weighted by molar-refractivity contribution is 5.18. The lowest BCUT2D eigenvalue weighted by molar-refractivity contribution is -0.141. The highest BCUT2D eigenvalue weighted by Crippen LogP contribution is 2.29. The molecule has 0 atom stereocenters. The number of hydrogen-bond donors (Lipinski definition) is 2. The Balaban J connectivity index is 3.00.